The summed E-state index contributed by atoms with van der Waals surface area (Å²) in [7, 11) is 0. The summed E-state index contributed by atoms with van der Waals surface area (Å²) in [6.45, 7) is 5.70. The van der Waals surface area contributed by atoms with Crippen molar-refractivity contribution in [2.75, 3.05) is 6.54 Å². The van der Waals surface area contributed by atoms with Gasteiger partial charge in [-0.25, -0.2) is 0 Å². The number of nitrogens with one attached hydrogen (secondary N) is 1. The van der Waals surface area contributed by atoms with E-state index in [1.807, 2.05) is 0 Å². The second kappa shape index (κ2) is 5.29. The van der Waals surface area contributed by atoms with E-state index < -0.39 is 0 Å². The Morgan fingerprint density at radius 2 is 2.15 bits per heavy atom. The molecule has 0 amide bonds. The van der Waals surface area contributed by atoms with Gasteiger partial charge in [-0.3, -0.25) is 0 Å². The summed E-state index contributed by atoms with van der Waals surface area (Å²) in [5.74, 6) is 4.35. The Labute approximate surface area is 82.3 Å². The molecule has 1 nitrogen and oxygen atoms in total. The molecule has 3 unspecified atom stereocenters. The van der Waals surface area contributed by atoms with Gasteiger partial charge in [0.15, 0.2) is 0 Å². The Morgan fingerprint density at radius 3 is 2.85 bits per heavy atom. The van der Waals surface area contributed by atoms with Crippen LogP contribution in [-0.2, 0) is 0 Å². The first-order chi connectivity index (χ1) is 6.25. The molecular weight excluding hydrogens is 158 g/mol. The first-order valence-electron chi connectivity index (χ1n) is 5.42. The highest BCUT2D eigenvalue weighted by atomic mass is 14.9. The number of hydrogen-bond acceptors (Lipinski definition) is 1. The maximum Gasteiger partial charge on any atom is 0.0212 e. The first kappa shape index (κ1) is 10.6. The van der Waals surface area contributed by atoms with E-state index in [2.05, 4.69) is 25.1 Å². The lowest BCUT2D eigenvalue weighted by molar-refractivity contribution is 0.208. The third-order valence-corrected chi connectivity index (χ3v) is 3.38. The minimum Gasteiger partial charge on any atom is -0.313 e. The molecule has 74 valence electrons. The normalized spacial score (nSPS) is 34.1. The molecule has 1 aliphatic carbocycles. The molecule has 0 aromatic carbocycles. The number of rotatable bonds is 3. The zero-order valence-corrected chi connectivity index (χ0v) is 8.84. The molecule has 0 bridgehead atoms. The summed E-state index contributed by atoms with van der Waals surface area (Å²) in [6, 6.07) is 0.706. The highest BCUT2D eigenvalue weighted by molar-refractivity contribution is 4.87. The monoisotopic (exact) mass is 179 g/mol. The van der Waals surface area contributed by atoms with Crippen LogP contribution in [-0.4, -0.2) is 12.6 Å². The van der Waals surface area contributed by atoms with Crippen LogP contribution in [0.2, 0.25) is 0 Å². The molecule has 0 aromatic rings. The molecule has 0 aliphatic heterocycles. The van der Waals surface area contributed by atoms with Gasteiger partial charge >= 0.3 is 0 Å². The Morgan fingerprint density at radius 1 is 1.38 bits per heavy atom. The van der Waals surface area contributed by atoms with Gasteiger partial charge in [0.1, 0.15) is 0 Å². The molecule has 0 radical (unpaired) electrons. The van der Waals surface area contributed by atoms with E-state index in [0.29, 0.717) is 6.04 Å². The Kier molecular flexibility index (Phi) is 4.32. The largest absolute Gasteiger partial charge is 0.313 e. The fourth-order valence-electron chi connectivity index (χ4n) is 2.20. The van der Waals surface area contributed by atoms with Gasteiger partial charge in [0.2, 0.25) is 0 Å². The van der Waals surface area contributed by atoms with Crippen LogP contribution >= 0.6 is 0 Å². The van der Waals surface area contributed by atoms with Crippen LogP contribution in [0.1, 0.15) is 39.5 Å². The summed E-state index contributed by atoms with van der Waals surface area (Å²) in [5, 5.41) is 3.56. The van der Waals surface area contributed by atoms with Crippen molar-refractivity contribution < 1.29 is 0 Å². The number of hydrogen-bond donors (Lipinski definition) is 1. The van der Waals surface area contributed by atoms with Crippen LogP contribution in [0.15, 0.2) is 0 Å². The summed E-state index contributed by atoms with van der Waals surface area (Å²) >= 11 is 0. The standard InChI is InChI=1S/C12H21N/c1-4-5-9-13-12-8-6-7-10(2)11(12)3/h1,10-13H,5-9H2,2-3H3. The molecule has 0 spiro atoms. The van der Waals surface area contributed by atoms with Crippen molar-refractivity contribution in [1.29, 1.82) is 0 Å². The SMILES string of the molecule is C#CCCNC1CCCC(C)C1C. The first-order valence-corrected chi connectivity index (χ1v) is 5.42. The van der Waals surface area contributed by atoms with E-state index >= 15 is 0 Å². The summed E-state index contributed by atoms with van der Waals surface area (Å²) in [4.78, 5) is 0. The molecule has 0 heterocycles. The van der Waals surface area contributed by atoms with E-state index in [-0.39, 0.29) is 0 Å². The summed E-state index contributed by atoms with van der Waals surface area (Å²) in [5.41, 5.74) is 0. The van der Waals surface area contributed by atoms with Crippen LogP contribution in [0.3, 0.4) is 0 Å². The van der Waals surface area contributed by atoms with Crippen molar-refractivity contribution in [1.82, 2.24) is 5.32 Å². The number of terminal acetylenes is 1. The molecule has 1 rings (SSSR count). The topological polar surface area (TPSA) is 12.0 Å². The quantitative estimate of drug-likeness (QED) is 0.518. The maximum absolute atomic E-state index is 5.22. The summed E-state index contributed by atoms with van der Waals surface area (Å²) < 4.78 is 0. The zero-order chi connectivity index (χ0) is 9.68. The molecule has 1 aliphatic rings. The molecule has 0 aromatic heterocycles. The lowest BCUT2D eigenvalue weighted by atomic mass is 9.78. The van der Waals surface area contributed by atoms with Gasteiger partial charge in [0.05, 0.1) is 0 Å². The van der Waals surface area contributed by atoms with Crippen LogP contribution < -0.4 is 5.32 Å². The van der Waals surface area contributed by atoms with Crippen molar-refractivity contribution >= 4 is 0 Å². The van der Waals surface area contributed by atoms with Crippen LogP contribution in [0.4, 0.5) is 0 Å². The Balaban J connectivity index is 2.27. The van der Waals surface area contributed by atoms with Crippen molar-refractivity contribution in [3.63, 3.8) is 0 Å². The predicted octanol–water partition coefficient (Wildman–Crippen LogP) is 2.42. The van der Waals surface area contributed by atoms with Gasteiger partial charge < -0.3 is 5.32 Å². The average Bonchev–Trinajstić information content (AvgIpc) is 2.13. The van der Waals surface area contributed by atoms with Gasteiger partial charge in [0.25, 0.3) is 0 Å². The Bertz CT molecular complexity index is 180. The second-order valence-electron chi connectivity index (χ2n) is 4.28. The van der Waals surface area contributed by atoms with Crippen molar-refractivity contribution in [3.05, 3.63) is 0 Å². The molecule has 13 heavy (non-hydrogen) atoms. The highest BCUT2D eigenvalue weighted by Crippen LogP contribution is 2.29. The molecule has 0 saturated heterocycles. The van der Waals surface area contributed by atoms with Gasteiger partial charge in [-0.05, 0) is 18.3 Å². The van der Waals surface area contributed by atoms with E-state index in [1.165, 1.54) is 19.3 Å². The van der Waals surface area contributed by atoms with Crippen LogP contribution in [0.25, 0.3) is 0 Å². The zero-order valence-electron chi connectivity index (χ0n) is 8.84. The van der Waals surface area contributed by atoms with Crippen molar-refractivity contribution in [2.24, 2.45) is 11.8 Å². The third kappa shape index (κ3) is 3.04. The average molecular weight is 179 g/mol. The van der Waals surface area contributed by atoms with Gasteiger partial charge in [-0.1, -0.05) is 26.7 Å². The Hall–Kier alpha value is -0.480. The highest BCUT2D eigenvalue weighted by Gasteiger charge is 2.25. The molecule has 1 heteroatoms. The van der Waals surface area contributed by atoms with Crippen LogP contribution in [0.5, 0.6) is 0 Å². The van der Waals surface area contributed by atoms with Crippen molar-refractivity contribution in [3.8, 4) is 12.3 Å². The lowest BCUT2D eigenvalue weighted by Gasteiger charge is -2.34. The van der Waals surface area contributed by atoms with Gasteiger partial charge in [-0.15, -0.1) is 12.3 Å². The van der Waals surface area contributed by atoms with Gasteiger partial charge in [0, 0.05) is 19.0 Å². The minimum absolute atomic E-state index is 0.706. The maximum atomic E-state index is 5.22. The molecule has 3 atom stereocenters. The summed E-state index contributed by atoms with van der Waals surface area (Å²) in [6.07, 6.45) is 10.2. The molecule has 1 saturated carbocycles. The van der Waals surface area contributed by atoms with E-state index in [1.54, 1.807) is 0 Å². The van der Waals surface area contributed by atoms with Gasteiger partial charge in [-0.2, -0.15) is 0 Å². The molecule has 1 N–H and O–H groups in total. The van der Waals surface area contributed by atoms with E-state index in [4.69, 9.17) is 6.42 Å². The lowest BCUT2D eigenvalue weighted by Crippen LogP contribution is -2.40. The van der Waals surface area contributed by atoms with E-state index in [0.717, 1.165) is 24.8 Å². The van der Waals surface area contributed by atoms with Crippen molar-refractivity contribution in [2.45, 2.75) is 45.6 Å². The van der Waals surface area contributed by atoms with E-state index in [9.17, 15) is 0 Å². The fourth-order valence-corrected chi connectivity index (χ4v) is 2.20. The smallest absolute Gasteiger partial charge is 0.0212 e. The minimum atomic E-state index is 0.706. The second-order valence-corrected chi connectivity index (χ2v) is 4.28. The third-order valence-electron chi connectivity index (χ3n) is 3.38. The molecular formula is C12H21N. The predicted molar refractivity (Wildman–Crippen MR) is 57.4 cm³/mol. The van der Waals surface area contributed by atoms with Crippen LogP contribution in [0, 0.1) is 24.2 Å². The molecule has 1 fully saturated rings. The fraction of sp³-hybridized carbons (Fsp3) is 0.833.